The quantitative estimate of drug-likeness (QED) is 0.764. The van der Waals surface area contributed by atoms with Gasteiger partial charge in [0.1, 0.15) is 5.75 Å². The average Bonchev–Trinajstić information content (AvgIpc) is 2.59. The Morgan fingerprint density at radius 2 is 1.78 bits per heavy atom. The van der Waals surface area contributed by atoms with Crippen LogP contribution in [0.25, 0.3) is 0 Å². The van der Waals surface area contributed by atoms with E-state index in [0.29, 0.717) is 12.2 Å². The molecular formula is C20H34N2O4S. The zero-order valence-corrected chi connectivity index (χ0v) is 18.0. The molecule has 1 saturated heterocycles. The number of methoxy groups -OCH3 is 1. The molecule has 1 aromatic rings. The van der Waals surface area contributed by atoms with Crippen LogP contribution in [0.4, 0.5) is 0 Å². The predicted octanol–water partition coefficient (Wildman–Crippen LogP) is 2.58. The van der Waals surface area contributed by atoms with Crippen molar-refractivity contribution in [2.24, 2.45) is 5.41 Å². The van der Waals surface area contributed by atoms with E-state index in [0.717, 1.165) is 25.9 Å². The zero-order valence-electron chi connectivity index (χ0n) is 17.2. The van der Waals surface area contributed by atoms with Crippen molar-refractivity contribution in [1.29, 1.82) is 0 Å². The van der Waals surface area contributed by atoms with Crippen molar-refractivity contribution in [2.75, 3.05) is 33.8 Å². The maximum Gasteiger partial charge on any atom is 0.243 e. The largest absolute Gasteiger partial charge is 0.497 e. The minimum Gasteiger partial charge on any atom is -0.497 e. The topological polar surface area (TPSA) is 70.1 Å². The normalized spacial score (nSPS) is 18.6. The summed E-state index contributed by atoms with van der Waals surface area (Å²) in [6.45, 7) is 7.99. The number of benzene rings is 1. The van der Waals surface area contributed by atoms with Gasteiger partial charge in [-0.05, 0) is 69.1 Å². The Bertz CT molecular complexity index is 690. The molecule has 154 valence electrons. The summed E-state index contributed by atoms with van der Waals surface area (Å²) in [6, 6.07) is 6.37. The second-order valence-corrected chi connectivity index (χ2v) is 10.6. The summed E-state index contributed by atoms with van der Waals surface area (Å²) in [5, 5.41) is 10.6. The number of likely N-dealkylation sites (tertiary alicyclic amines) is 1. The lowest BCUT2D eigenvalue weighted by Crippen LogP contribution is -2.49. The van der Waals surface area contributed by atoms with E-state index in [2.05, 4.69) is 4.90 Å². The van der Waals surface area contributed by atoms with Crippen molar-refractivity contribution < 1.29 is 18.3 Å². The highest BCUT2D eigenvalue weighted by Gasteiger charge is 2.35. The van der Waals surface area contributed by atoms with Gasteiger partial charge in [-0.25, -0.2) is 8.42 Å². The van der Waals surface area contributed by atoms with E-state index in [4.69, 9.17) is 4.74 Å². The van der Waals surface area contributed by atoms with Gasteiger partial charge in [0.25, 0.3) is 0 Å². The lowest BCUT2D eigenvalue weighted by atomic mass is 9.89. The van der Waals surface area contributed by atoms with Crippen LogP contribution in [-0.4, -0.2) is 68.7 Å². The smallest absolute Gasteiger partial charge is 0.243 e. The summed E-state index contributed by atoms with van der Waals surface area (Å²) in [4.78, 5) is 2.45. The number of piperidine rings is 1. The molecule has 0 aliphatic carbocycles. The maximum atomic E-state index is 13.4. The van der Waals surface area contributed by atoms with E-state index in [-0.39, 0.29) is 22.9 Å². The van der Waals surface area contributed by atoms with Gasteiger partial charge < -0.3 is 14.7 Å². The fraction of sp³-hybridized carbons (Fsp3) is 0.700. The van der Waals surface area contributed by atoms with Crippen LogP contribution in [0.15, 0.2) is 29.2 Å². The summed E-state index contributed by atoms with van der Waals surface area (Å²) < 4.78 is 33.4. The highest BCUT2D eigenvalue weighted by molar-refractivity contribution is 7.89. The molecule has 1 N–H and O–H groups in total. The number of hydrogen-bond donors (Lipinski definition) is 1. The fourth-order valence-corrected chi connectivity index (χ4v) is 5.31. The molecule has 0 radical (unpaired) electrons. The second kappa shape index (κ2) is 8.90. The molecule has 1 heterocycles. The fourth-order valence-electron chi connectivity index (χ4n) is 3.59. The van der Waals surface area contributed by atoms with Crippen LogP contribution in [0.5, 0.6) is 5.75 Å². The Morgan fingerprint density at radius 1 is 1.22 bits per heavy atom. The highest BCUT2D eigenvalue weighted by atomic mass is 32.2. The van der Waals surface area contributed by atoms with Crippen molar-refractivity contribution in [2.45, 2.75) is 57.1 Å². The number of ether oxygens (including phenoxy) is 1. The van der Waals surface area contributed by atoms with E-state index < -0.39 is 16.1 Å². The van der Waals surface area contributed by atoms with Crippen LogP contribution < -0.4 is 4.74 Å². The first-order chi connectivity index (χ1) is 12.5. The molecular weight excluding hydrogens is 364 g/mol. The molecule has 0 spiro atoms. The van der Waals surface area contributed by atoms with E-state index in [1.54, 1.807) is 31.4 Å². The van der Waals surface area contributed by atoms with Crippen LogP contribution in [0.2, 0.25) is 0 Å². The van der Waals surface area contributed by atoms with Crippen LogP contribution in [0.1, 0.15) is 40.0 Å². The van der Waals surface area contributed by atoms with Gasteiger partial charge in [-0.15, -0.1) is 0 Å². The molecule has 0 amide bonds. The SMILES string of the molecule is COc1ccc(S(=O)(=O)N(C[C@H](O)CC(C)(C)C)C2CCN(C)CC2)cc1. The van der Waals surface area contributed by atoms with Crippen molar-refractivity contribution in [3.63, 3.8) is 0 Å². The standard InChI is InChI=1S/C20H34N2O4S/c1-20(2,3)14-17(23)15-22(16-10-12-21(4)13-11-16)27(24,25)19-8-6-18(26-5)7-9-19/h6-9,16-17,23H,10-15H2,1-5H3/t17-/m1/s1. The summed E-state index contributed by atoms with van der Waals surface area (Å²) >= 11 is 0. The molecule has 2 rings (SSSR count). The van der Waals surface area contributed by atoms with Crippen molar-refractivity contribution in [3.8, 4) is 5.75 Å². The van der Waals surface area contributed by atoms with E-state index in [9.17, 15) is 13.5 Å². The Balaban J connectivity index is 2.28. The summed E-state index contributed by atoms with van der Waals surface area (Å²) in [7, 11) is -0.0932. The zero-order chi connectivity index (χ0) is 20.2. The molecule has 0 bridgehead atoms. The first-order valence-corrected chi connectivity index (χ1v) is 11.0. The van der Waals surface area contributed by atoms with Gasteiger partial charge in [-0.3, -0.25) is 0 Å². The number of sulfonamides is 1. The number of nitrogens with zero attached hydrogens (tertiary/aromatic N) is 2. The van der Waals surface area contributed by atoms with Crippen LogP contribution in [0.3, 0.4) is 0 Å². The van der Waals surface area contributed by atoms with Crippen LogP contribution in [-0.2, 0) is 10.0 Å². The van der Waals surface area contributed by atoms with Gasteiger partial charge in [0.2, 0.25) is 10.0 Å². The molecule has 7 heteroatoms. The van der Waals surface area contributed by atoms with E-state index in [1.165, 1.54) is 4.31 Å². The molecule has 0 unspecified atom stereocenters. The number of hydrogen-bond acceptors (Lipinski definition) is 5. The average molecular weight is 399 g/mol. The van der Waals surface area contributed by atoms with E-state index >= 15 is 0 Å². The van der Waals surface area contributed by atoms with Gasteiger partial charge in [0.15, 0.2) is 0 Å². The number of rotatable bonds is 7. The van der Waals surface area contributed by atoms with Gasteiger partial charge in [0.05, 0.1) is 18.1 Å². The predicted molar refractivity (Wildman–Crippen MR) is 107 cm³/mol. The maximum absolute atomic E-state index is 13.4. The first kappa shape index (κ1) is 22.1. The van der Waals surface area contributed by atoms with Gasteiger partial charge >= 0.3 is 0 Å². The lowest BCUT2D eigenvalue weighted by molar-refractivity contribution is 0.0795. The Morgan fingerprint density at radius 3 is 2.26 bits per heavy atom. The third-order valence-electron chi connectivity index (χ3n) is 5.00. The van der Waals surface area contributed by atoms with Crippen molar-refractivity contribution in [1.82, 2.24) is 9.21 Å². The number of aliphatic hydroxyl groups excluding tert-OH is 1. The molecule has 1 aliphatic rings. The summed E-state index contributed by atoms with van der Waals surface area (Å²) in [5.41, 5.74) is -0.0677. The summed E-state index contributed by atoms with van der Waals surface area (Å²) in [5.74, 6) is 0.618. The monoisotopic (exact) mass is 398 g/mol. The Labute approximate surface area is 164 Å². The van der Waals surface area contributed by atoms with Crippen LogP contribution in [0, 0.1) is 5.41 Å². The molecule has 1 fully saturated rings. The van der Waals surface area contributed by atoms with Crippen molar-refractivity contribution in [3.05, 3.63) is 24.3 Å². The molecule has 1 aromatic carbocycles. The minimum absolute atomic E-state index is 0.0677. The van der Waals surface area contributed by atoms with Gasteiger partial charge in [-0.1, -0.05) is 20.8 Å². The third-order valence-corrected chi connectivity index (χ3v) is 6.93. The first-order valence-electron chi connectivity index (χ1n) is 9.55. The van der Waals surface area contributed by atoms with Gasteiger partial charge in [-0.2, -0.15) is 4.31 Å². The molecule has 27 heavy (non-hydrogen) atoms. The molecule has 6 nitrogen and oxygen atoms in total. The van der Waals surface area contributed by atoms with E-state index in [1.807, 2.05) is 27.8 Å². The third kappa shape index (κ3) is 6.17. The van der Waals surface area contributed by atoms with Crippen LogP contribution >= 0.6 is 0 Å². The van der Waals surface area contributed by atoms with Crippen molar-refractivity contribution >= 4 is 10.0 Å². The molecule has 1 atom stereocenters. The summed E-state index contributed by atoms with van der Waals surface area (Å²) in [6.07, 6.45) is 1.40. The minimum atomic E-state index is -3.69. The highest BCUT2D eigenvalue weighted by Crippen LogP contribution is 2.28. The Kier molecular flexibility index (Phi) is 7.30. The van der Waals surface area contributed by atoms with Gasteiger partial charge in [0, 0.05) is 12.6 Å². The molecule has 0 aromatic heterocycles. The number of aliphatic hydroxyl groups is 1. The Hall–Kier alpha value is -1.15. The molecule has 0 saturated carbocycles. The lowest BCUT2D eigenvalue weighted by Gasteiger charge is -2.38. The second-order valence-electron chi connectivity index (χ2n) is 8.70. The molecule has 1 aliphatic heterocycles.